The van der Waals surface area contributed by atoms with E-state index in [1.807, 2.05) is 0 Å². The summed E-state index contributed by atoms with van der Waals surface area (Å²) in [6.45, 7) is 9.26. The first-order valence-corrected chi connectivity index (χ1v) is 6.58. The number of ketones is 1. The molecule has 0 aromatic rings. The molecule has 0 spiro atoms. The number of hydrogen-bond donors (Lipinski definition) is 0. The molecule has 116 valence electrons. The highest BCUT2D eigenvalue weighted by Crippen LogP contribution is 2.44. The molecule has 0 bridgehead atoms. The van der Waals surface area contributed by atoms with Gasteiger partial charge in [-0.1, -0.05) is 20.8 Å². The van der Waals surface area contributed by atoms with Crippen LogP contribution in [0, 0.1) is 31.6 Å². The maximum atomic E-state index is 11.9. The molecule has 2 unspecified atom stereocenters. The smallest absolute Gasteiger partial charge is 0.272 e. The van der Waals surface area contributed by atoms with Crippen molar-refractivity contribution in [2.75, 3.05) is 0 Å². The van der Waals surface area contributed by atoms with Crippen LogP contribution in [0.2, 0.25) is 0 Å². The molecule has 0 amide bonds. The summed E-state index contributed by atoms with van der Waals surface area (Å²) >= 11 is 0. The molecule has 2 atom stereocenters. The fraction of sp³-hybridized carbons (Fsp3) is 0.643. The van der Waals surface area contributed by atoms with Crippen LogP contribution in [-0.2, 0) is 4.79 Å². The Labute approximate surface area is 123 Å². The molecule has 0 heterocycles. The summed E-state index contributed by atoms with van der Waals surface area (Å²) in [7, 11) is 0. The number of Topliss-reactive ketones (excluding diaryl/α,β-unsaturated/α-hetero) is 1. The van der Waals surface area contributed by atoms with E-state index in [0.29, 0.717) is 5.57 Å². The minimum atomic E-state index is -1.67. The number of allylic oxidation sites excluding steroid dienone is 1. The molecule has 21 heavy (non-hydrogen) atoms. The first-order chi connectivity index (χ1) is 9.34. The molecule has 1 rings (SSSR count). The molecule has 7 nitrogen and oxygen atoms in total. The second kappa shape index (κ2) is 5.05. The van der Waals surface area contributed by atoms with E-state index in [4.69, 9.17) is 0 Å². The van der Waals surface area contributed by atoms with E-state index in [1.54, 1.807) is 20.8 Å². The van der Waals surface area contributed by atoms with Gasteiger partial charge in [0.1, 0.15) is 11.7 Å². The predicted molar refractivity (Wildman–Crippen MR) is 76.8 cm³/mol. The van der Waals surface area contributed by atoms with Crippen LogP contribution in [0.15, 0.2) is 22.9 Å². The Bertz CT molecular complexity index is 583. The Morgan fingerprint density at radius 1 is 1.29 bits per heavy atom. The predicted octanol–water partition coefficient (Wildman–Crippen LogP) is 2.76. The van der Waals surface area contributed by atoms with Crippen molar-refractivity contribution in [1.82, 2.24) is 0 Å². The zero-order chi connectivity index (χ0) is 16.7. The zero-order valence-electron chi connectivity index (χ0n) is 13.1. The number of nitro groups is 2. The summed E-state index contributed by atoms with van der Waals surface area (Å²) in [5.74, 6) is -1.57. The van der Waals surface area contributed by atoms with Gasteiger partial charge in [0.2, 0.25) is 0 Å². The van der Waals surface area contributed by atoms with Gasteiger partial charge >= 0.3 is 0 Å². The van der Waals surface area contributed by atoms with Crippen molar-refractivity contribution < 1.29 is 14.6 Å². The monoisotopic (exact) mass is 296 g/mol. The van der Waals surface area contributed by atoms with Gasteiger partial charge in [-0.15, -0.1) is 0 Å². The number of rotatable bonds is 3. The lowest BCUT2D eigenvalue weighted by Crippen LogP contribution is -2.48. The van der Waals surface area contributed by atoms with E-state index in [2.05, 4.69) is 0 Å². The lowest BCUT2D eigenvalue weighted by atomic mass is 9.68. The van der Waals surface area contributed by atoms with Gasteiger partial charge in [-0.3, -0.25) is 25.0 Å². The van der Waals surface area contributed by atoms with Crippen LogP contribution in [-0.4, -0.2) is 21.2 Å². The molecule has 0 fully saturated rings. The van der Waals surface area contributed by atoms with Gasteiger partial charge in [0.25, 0.3) is 11.2 Å². The van der Waals surface area contributed by atoms with Crippen molar-refractivity contribution in [3.63, 3.8) is 0 Å². The van der Waals surface area contributed by atoms with Crippen LogP contribution in [0.5, 0.6) is 0 Å². The maximum Gasteiger partial charge on any atom is 0.272 e. The topological polar surface area (TPSA) is 103 Å². The lowest BCUT2D eigenvalue weighted by Gasteiger charge is -2.34. The third-order valence-corrected chi connectivity index (χ3v) is 3.87. The summed E-state index contributed by atoms with van der Waals surface area (Å²) < 4.78 is 0. The molecule has 0 aliphatic heterocycles. The van der Waals surface area contributed by atoms with Gasteiger partial charge in [0.05, 0.1) is 4.92 Å². The largest absolute Gasteiger partial charge is 0.299 e. The molecule has 0 saturated heterocycles. The second-order valence-electron chi connectivity index (χ2n) is 6.62. The number of nitrogens with zero attached hydrogens (tertiary/aromatic N) is 2. The van der Waals surface area contributed by atoms with Crippen molar-refractivity contribution in [2.45, 2.75) is 47.1 Å². The lowest BCUT2D eigenvalue weighted by molar-refractivity contribution is -0.557. The molecule has 1 aliphatic carbocycles. The molecule has 1 aliphatic rings. The quantitative estimate of drug-likeness (QED) is 0.588. The van der Waals surface area contributed by atoms with Gasteiger partial charge in [-0.25, -0.2) is 0 Å². The van der Waals surface area contributed by atoms with Gasteiger partial charge in [-0.2, -0.15) is 0 Å². The summed E-state index contributed by atoms with van der Waals surface area (Å²) in [4.78, 5) is 33.7. The van der Waals surface area contributed by atoms with Crippen LogP contribution in [0.4, 0.5) is 0 Å². The van der Waals surface area contributed by atoms with Crippen molar-refractivity contribution in [3.8, 4) is 0 Å². The Balaban J connectivity index is 3.77. The first kappa shape index (κ1) is 17.0. The van der Waals surface area contributed by atoms with Crippen LogP contribution in [0.25, 0.3) is 0 Å². The van der Waals surface area contributed by atoms with E-state index in [-0.39, 0.29) is 11.3 Å². The van der Waals surface area contributed by atoms with Crippen molar-refractivity contribution in [3.05, 3.63) is 43.1 Å². The zero-order valence-corrected chi connectivity index (χ0v) is 13.1. The molecule has 0 aromatic heterocycles. The first-order valence-electron chi connectivity index (χ1n) is 6.58. The van der Waals surface area contributed by atoms with Crippen LogP contribution in [0.3, 0.4) is 0 Å². The Morgan fingerprint density at radius 2 is 1.76 bits per heavy atom. The third kappa shape index (κ3) is 2.72. The van der Waals surface area contributed by atoms with Crippen LogP contribution in [0.1, 0.15) is 41.5 Å². The Morgan fingerprint density at radius 3 is 2.05 bits per heavy atom. The second-order valence-corrected chi connectivity index (χ2v) is 6.62. The SMILES string of the molecule is CC(=O)C1C(C)=C([N+](=O)[O-])C(C(C)(C)C)=CC1(C)[N+](=O)[O-]. The summed E-state index contributed by atoms with van der Waals surface area (Å²) in [6.07, 6.45) is 1.28. The van der Waals surface area contributed by atoms with Crippen LogP contribution >= 0.6 is 0 Å². The summed E-state index contributed by atoms with van der Waals surface area (Å²) in [6, 6.07) is 0. The normalized spacial score (nSPS) is 26.4. The standard InChI is InChI=1S/C14H20N2O5/c1-8-11(9(2)17)14(6,16(20)21)7-10(13(3,4)5)12(8)15(18)19/h7,11H,1-6H3. The molecule has 0 saturated carbocycles. The molecular weight excluding hydrogens is 276 g/mol. The van der Waals surface area contributed by atoms with Crippen molar-refractivity contribution in [1.29, 1.82) is 0 Å². The summed E-state index contributed by atoms with van der Waals surface area (Å²) in [5.41, 5.74) is -2.04. The van der Waals surface area contributed by atoms with Crippen molar-refractivity contribution >= 4 is 5.78 Å². The number of hydrogen-bond acceptors (Lipinski definition) is 5. The Hall–Kier alpha value is -2.05. The van der Waals surface area contributed by atoms with Gasteiger partial charge in [0.15, 0.2) is 0 Å². The highest BCUT2D eigenvalue weighted by atomic mass is 16.6. The molecule has 0 aromatic carbocycles. The highest BCUT2D eigenvalue weighted by Gasteiger charge is 2.55. The highest BCUT2D eigenvalue weighted by molar-refractivity contribution is 5.84. The molecule has 0 N–H and O–H groups in total. The average molecular weight is 296 g/mol. The fourth-order valence-electron chi connectivity index (χ4n) is 2.92. The number of carbonyl (C=O) groups excluding carboxylic acids is 1. The molecule has 7 heteroatoms. The molecule has 0 radical (unpaired) electrons. The number of carbonyl (C=O) groups is 1. The average Bonchev–Trinajstić information content (AvgIpc) is 2.25. The maximum absolute atomic E-state index is 11.9. The third-order valence-electron chi connectivity index (χ3n) is 3.87. The minimum absolute atomic E-state index is 0.152. The van der Waals surface area contributed by atoms with Crippen molar-refractivity contribution in [2.24, 2.45) is 11.3 Å². The van der Waals surface area contributed by atoms with E-state index in [1.165, 1.54) is 26.8 Å². The molecular formula is C14H20N2O5. The van der Waals surface area contributed by atoms with Crippen LogP contribution < -0.4 is 0 Å². The minimum Gasteiger partial charge on any atom is -0.299 e. The Kier molecular flexibility index (Phi) is 4.09. The van der Waals surface area contributed by atoms with E-state index < -0.39 is 32.5 Å². The van der Waals surface area contributed by atoms with E-state index in [0.717, 1.165) is 0 Å². The van der Waals surface area contributed by atoms with E-state index >= 15 is 0 Å². The van der Waals surface area contributed by atoms with Gasteiger partial charge < -0.3 is 0 Å². The fourth-order valence-corrected chi connectivity index (χ4v) is 2.92. The van der Waals surface area contributed by atoms with E-state index in [9.17, 15) is 25.0 Å². The van der Waals surface area contributed by atoms with Gasteiger partial charge in [-0.05, 0) is 19.3 Å². The summed E-state index contributed by atoms with van der Waals surface area (Å²) in [5, 5.41) is 22.9. The van der Waals surface area contributed by atoms with Gasteiger partial charge in [0, 0.05) is 29.1 Å².